The molecule has 0 aliphatic rings. The maximum Gasteiger partial charge on any atom is 0.222 e. The van der Waals surface area contributed by atoms with Crippen LogP contribution in [0.25, 0.3) is 0 Å². The molecule has 0 bridgehead atoms. The van der Waals surface area contributed by atoms with E-state index >= 15 is 0 Å². The Balaban J connectivity index is 3.23. The largest absolute Gasteiger partial charge is 0.493 e. The number of hydrogen-bond acceptors (Lipinski definition) is 4. The fraction of sp³-hybridized carbons (Fsp3) is 0.250. The van der Waals surface area contributed by atoms with Gasteiger partial charge in [-0.3, -0.25) is 0 Å². The van der Waals surface area contributed by atoms with Gasteiger partial charge in [0.25, 0.3) is 0 Å². The minimum absolute atomic E-state index is 0.160. The predicted octanol–water partition coefficient (Wildman–Crippen LogP) is 1.16. The molecule has 0 amide bonds. The van der Waals surface area contributed by atoms with Crippen molar-refractivity contribution in [3.8, 4) is 5.88 Å². The highest BCUT2D eigenvalue weighted by Crippen LogP contribution is 2.13. The van der Waals surface area contributed by atoms with Crippen LogP contribution in [0.2, 0.25) is 0 Å². The Bertz CT molecular complexity index is 251. The molecule has 5 heteroatoms. The van der Waals surface area contributed by atoms with Gasteiger partial charge in [-0.2, -0.15) is 0 Å². The maximum absolute atomic E-state index is 8.98. The fourth-order valence-corrected chi connectivity index (χ4v) is 1.44. The molecule has 0 aliphatic heterocycles. The molecule has 0 aromatic carbocycles. The first-order valence-electron chi connectivity index (χ1n) is 2.33. The molecule has 1 aromatic rings. The first-order chi connectivity index (χ1) is 4.25. The molecule has 50 valence electrons. The number of nitrogens with one attached hydrogen (secondary N) is 1. The van der Waals surface area contributed by atoms with Crippen LogP contribution in [0.15, 0.2) is 5.38 Å². The zero-order valence-electron chi connectivity index (χ0n) is 4.79. The topological polar surface area (TPSA) is 37.2 Å². The van der Waals surface area contributed by atoms with E-state index in [1.807, 2.05) is 0 Å². The Labute approximate surface area is 61.5 Å². The second-order valence-corrected chi connectivity index (χ2v) is 2.92. The summed E-state index contributed by atoms with van der Waals surface area (Å²) in [7, 11) is 1.70. The van der Waals surface area contributed by atoms with Crippen LogP contribution in [0.5, 0.6) is 5.88 Å². The van der Waals surface area contributed by atoms with Gasteiger partial charge in [-0.15, -0.1) is 11.3 Å². The number of aromatic hydroxyl groups is 1. The number of thiazole rings is 1. The molecule has 0 aliphatic carbocycles. The average Bonchev–Trinajstić information content (AvgIpc) is 2.12. The summed E-state index contributed by atoms with van der Waals surface area (Å²) in [6.45, 7) is 0. The smallest absolute Gasteiger partial charge is 0.222 e. The van der Waals surface area contributed by atoms with Crippen molar-refractivity contribution in [1.29, 1.82) is 0 Å². The molecule has 9 heavy (non-hydrogen) atoms. The summed E-state index contributed by atoms with van der Waals surface area (Å²) in [6.07, 6.45) is 0. The third-order valence-electron chi connectivity index (χ3n) is 0.900. The third kappa shape index (κ3) is 1.06. The van der Waals surface area contributed by atoms with Crippen LogP contribution in [0.4, 0.5) is 0 Å². The van der Waals surface area contributed by atoms with Crippen molar-refractivity contribution in [1.82, 2.24) is 4.68 Å². The quantitative estimate of drug-likeness (QED) is 0.608. The summed E-state index contributed by atoms with van der Waals surface area (Å²) in [6, 6.07) is 0. The van der Waals surface area contributed by atoms with Gasteiger partial charge in [-0.05, 0) is 12.2 Å². The molecule has 2 N–H and O–H groups in total. The van der Waals surface area contributed by atoms with Crippen LogP contribution >= 0.6 is 23.6 Å². The molecule has 0 radical (unpaired) electrons. The molecular formula is C4H6N2OS2. The number of nitrogens with zero attached hydrogens (tertiary/aromatic N) is 1. The van der Waals surface area contributed by atoms with Crippen molar-refractivity contribution in [3.63, 3.8) is 0 Å². The molecule has 0 saturated carbocycles. The molecule has 0 spiro atoms. The van der Waals surface area contributed by atoms with Crippen LogP contribution in [0.1, 0.15) is 0 Å². The van der Waals surface area contributed by atoms with Gasteiger partial charge in [0.15, 0.2) is 3.95 Å². The molecular weight excluding hydrogens is 156 g/mol. The Morgan fingerprint density at radius 2 is 2.56 bits per heavy atom. The number of hydrogen-bond donors (Lipinski definition) is 2. The van der Waals surface area contributed by atoms with Crippen molar-refractivity contribution in [2.75, 3.05) is 12.5 Å². The molecule has 0 saturated heterocycles. The Hall–Kier alpha value is -0.550. The summed E-state index contributed by atoms with van der Waals surface area (Å²) in [4.78, 5) is 0. The monoisotopic (exact) mass is 162 g/mol. The summed E-state index contributed by atoms with van der Waals surface area (Å²) in [5.41, 5.74) is 2.72. The lowest BCUT2D eigenvalue weighted by Gasteiger charge is -1.98. The predicted molar refractivity (Wildman–Crippen MR) is 40.1 cm³/mol. The van der Waals surface area contributed by atoms with Crippen molar-refractivity contribution in [2.24, 2.45) is 0 Å². The van der Waals surface area contributed by atoms with Gasteiger partial charge in [-0.25, -0.2) is 4.68 Å². The first kappa shape index (κ1) is 6.57. The molecule has 1 heterocycles. The highest BCUT2D eigenvalue weighted by Gasteiger charge is 1.96. The Morgan fingerprint density at radius 3 is 2.78 bits per heavy atom. The van der Waals surface area contributed by atoms with E-state index in [4.69, 9.17) is 17.3 Å². The average molecular weight is 162 g/mol. The Morgan fingerprint density at radius 1 is 1.89 bits per heavy atom. The van der Waals surface area contributed by atoms with Crippen LogP contribution < -0.4 is 5.43 Å². The first-order valence-corrected chi connectivity index (χ1v) is 3.61. The molecule has 1 aromatic heterocycles. The number of aromatic nitrogens is 1. The summed E-state index contributed by atoms with van der Waals surface area (Å²) in [5.74, 6) is 0.160. The lowest BCUT2D eigenvalue weighted by atomic mass is 10.9. The lowest BCUT2D eigenvalue weighted by molar-refractivity contribution is 0.434. The van der Waals surface area contributed by atoms with E-state index in [2.05, 4.69) is 5.43 Å². The molecule has 0 unspecified atom stereocenters. The second-order valence-electron chi connectivity index (χ2n) is 1.42. The molecule has 0 atom stereocenters. The SMILES string of the molecule is CNn1c(O)csc1=S. The fourth-order valence-electron chi connectivity index (χ4n) is 0.508. The Kier molecular flexibility index (Phi) is 1.73. The van der Waals surface area contributed by atoms with Crippen molar-refractivity contribution in [2.45, 2.75) is 0 Å². The van der Waals surface area contributed by atoms with E-state index in [9.17, 15) is 0 Å². The van der Waals surface area contributed by atoms with E-state index in [1.54, 1.807) is 12.4 Å². The van der Waals surface area contributed by atoms with Gasteiger partial charge in [0.1, 0.15) is 0 Å². The molecule has 0 fully saturated rings. The second kappa shape index (κ2) is 2.36. The van der Waals surface area contributed by atoms with E-state index < -0.39 is 0 Å². The minimum Gasteiger partial charge on any atom is -0.493 e. The van der Waals surface area contributed by atoms with Crippen LogP contribution in [-0.4, -0.2) is 16.8 Å². The van der Waals surface area contributed by atoms with Gasteiger partial charge >= 0.3 is 0 Å². The third-order valence-corrected chi connectivity index (χ3v) is 2.08. The van der Waals surface area contributed by atoms with Crippen LogP contribution in [-0.2, 0) is 0 Å². The van der Waals surface area contributed by atoms with Gasteiger partial charge in [-0.1, -0.05) is 0 Å². The van der Waals surface area contributed by atoms with Crippen molar-refractivity contribution < 1.29 is 5.11 Å². The zero-order valence-corrected chi connectivity index (χ0v) is 6.42. The minimum atomic E-state index is 0.160. The van der Waals surface area contributed by atoms with Crippen LogP contribution in [0, 0.1) is 3.95 Å². The zero-order chi connectivity index (χ0) is 6.85. The summed E-state index contributed by atoms with van der Waals surface area (Å²) >= 11 is 6.15. The van der Waals surface area contributed by atoms with E-state index in [-0.39, 0.29) is 5.88 Å². The summed E-state index contributed by atoms with van der Waals surface area (Å²) < 4.78 is 2.05. The van der Waals surface area contributed by atoms with Gasteiger partial charge in [0.2, 0.25) is 5.88 Å². The maximum atomic E-state index is 8.98. The van der Waals surface area contributed by atoms with Gasteiger partial charge < -0.3 is 10.5 Å². The van der Waals surface area contributed by atoms with Crippen molar-refractivity contribution >= 4 is 23.6 Å². The van der Waals surface area contributed by atoms with Gasteiger partial charge in [0.05, 0.1) is 5.38 Å². The molecule has 3 nitrogen and oxygen atoms in total. The highest BCUT2D eigenvalue weighted by molar-refractivity contribution is 7.73. The normalized spacial score (nSPS) is 9.44. The summed E-state index contributed by atoms with van der Waals surface area (Å²) in [5, 5.41) is 10.6. The standard InChI is InChI=1S/C4H6N2OS2/c1-5-6-3(7)2-9-4(6)8/h2,5,7H,1H3. The van der Waals surface area contributed by atoms with Gasteiger partial charge in [0, 0.05) is 7.05 Å². The van der Waals surface area contributed by atoms with E-state index in [0.717, 1.165) is 0 Å². The number of rotatable bonds is 1. The van der Waals surface area contributed by atoms with E-state index in [0.29, 0.717) is 3.95 Å². The lowest BCUT2D eigenvalue weighted by Crippen LogP contribution is -2.06. The van der Waals surface area contributed by atoms with E-state index in [1.165, 1.54) is 16.0 Å². The molecule has 1 rings (SSSR count). The highest BCUT2D eigenvalue weighted by atomic mass is 32.1. The van der Waals surface area contributed by atoms with Crippen molar-refractivity contribution in [3.05, 3.63) is 9.33 Å². The van der Waals surface area contributed by atoms with Crippen LogP contribution in [0.3, 0.4) is 0 Å².